The molecule has 0 saturated carbocycles. The van der Waals surface area contributed by atoms with Gasteiger partial charge in [-0.25, -0.2) is 0 Å². The van der Waals surface area contributed by atoms with Crippen molar-refractivity contribution in [3.63, 3.8) is 0 Å². The summed E-state index contributed by atoms with van der Waals surface area (Å²) in [5.74, 6) is 1.17. The predicted octanol–water partition coefficient (Wildman–Crippen LogP) is 3.13. The molecule has 1 aromatic carbocycles. The van der Waals surface area contributed by atoms with Gasteiger partial charge in [-0.3, -0.25) is 0 Å². The first-order chi connectivity index (χ1) is 7.18. The average molecular weight is 206 g/mol. The average Bonchev–Trinajstić information content (AvgIpc) is 2.17. The second-order valence-corrected chi connectivity index (χ2v) is 3.82. The third kappa shape index (κ3) is 5.21. The minimum Gasteiger partial charge on any atom is -0.494 e. The Balaban J connectivity index is 2.17. The van der Waals surface area contributed by atoms with Crippen molar-refractivity contribution in [2.24, 2.45) is 0 Å². The van der Waals surface area contributed by atoms with Gasteiger partial charge in [-0.2, -0.15) is 0 Å². The van der Waals surface area contributed by atoms with Crippen molar-refractivity contribution in [3.05, 3.63) is 29.8 Å². The van der Waals surface area contributed by atoms with E-state index in [1.165, 1.54) is 5.56 Å². The van der Waals surface area contributed by atoms with Gasteiger partial charge in [0.1, 0.15) is 11.5 Å². The third-order valence-electron chi connectivity index (χ3n) is 2.18. The van der Waals surface area contributed by atoms with E-state index in [2.05, 4.69) is 0 Å². The number of ether oxygens (including phenoxy) is 1. The van der Waals surface area contributed by atoms with Gasteiger partial charge < -0.3 is 9.53 Å². The Morgan fingerprint density at radius 1 is 1.33 bits per heavy atom. The zero-order valence-electron chi connectivity index (χ0n) is 9.45. The molecule has 1 rings (SSSR count). The highest BCUT2D eigenvalue weighted by Gasteiger charge is 1.96. The Kier molecular flexibility index (Phi) is 4.88. The maximum atomic E-state index is 10.7. The van der Waals surface area contributed by atoms with Gasteiger partial charge in [-0.1, -0.05) is 12.1 Å². The summed E-state index contributed by atoms with van der Waals surface area (Å²) >= 11 is 0. The summed E-state index contributed by atoms with van der Waals surface area (Å²) in [6, 6.07) is 8.01. The van der Waals surface area contributed by atoms with Crippen LogP contribution in [0.5, 0.6) is 5.75 Å². The summed E-state index contributed by atoms with van der Waals surface area (Å²) in [7, 11) is 0. The lowest BCUT2D eigenvalue weighted by Crippen LogP contribution is -1.99. The van der Waals surface area contributed by atoms with Crippen LogP contribution in [0.3, 0.4) is 0 Å². The highest BCUT2D eigenvalue weighted by atomic mass is 16.5. The van der Waals surface area contributed by atoms with Crippen molar-refractivity contribution in [3.8, 4) is 5.75 Å². The number of hydrogen-bond acceptors (Lipinski definition) is 2. The minimum absolute atomic E-state index is 0.255. The molecule has 0 aliphatic rings. The van der Waals surface area contributed by atoms with Gasteiger partial charge in [-0.15, -0.1) is 0 Å². The minimum atomic E-state index is 0.255. The molecule has 0 aromatic heterocycles. The van der Waals surface area contributed by atoms with E-state index in [0.29, 0.717) is 13.0 Å². The van der Waals surface area contributed by atoms with Crippen LogP contribution in [0.2, 0.25) is 0 Å². The first kappa shape index (κ1) is 11.8. The Bertz CT molecular complexity index is 318. The fourth-order valence-electron chi connectivity index (χ4n) is 1.37. The van der Waals surface area contributed by atoms with Gasteiger partial charge in [0.25, 0.3) is 0 Å². The van der Waals surface area contributed by atoms with Crippen LogP contribution in [0, 0.1) is 6.92 Å². The summed E-state index contributed by atoms with van der Waals surface area (Å²) in [6.07, 6.45) is 2.52. The van der Waals surface area contributed by atoms with Gasteiger partial charge in [-0.05, 0) is 44.4 Å². The molecule has 2 heteroatoms. The molecule has 0 fully saturated rings. The lowest BCUT2D eigenvalue weighted by molar-refractivity contribution is -0.117. The molecule has 0 saturated heterocycles. The fraction of sp³-hybridized carbons (Fsp3) is 0.462. The SMILES string of the molecule is CC(=O)CCCCOc1cccc(C)c1. The van der Waals surface area contributed by atoms with Crippen LogP contribution in [0.4, 0.5) is 0 Å². The molecular weight excluding hydrogens is 188 g/mol. The first-order valence-electron chi connectivity index (χ1n) is 5.37. The smallest absolute Gasteiger partial charge is 0.129 e. The van der Waals surface area contributed by atoms with E-state index in [1.54, 1.807) is 6.92 Å². The molecule has 0 N–H and O–H groups in total. The number of benzene rings is 1. The Morgan fingerprint density at radius 3 is 2.80 bits per heavy atom. The van der Waals surface area contributed by atoms with E-state index in [0.717, 1.165) is 18.6 Å². The molecule has 0 unspecified atom stereocenters. The van der Waals surface area contributed by atoms with E-state index in [4.69, 9.17) is 4.74 Å². The molecule has 0 spiro atoms. The molecule has 0 amide bonds. The van der Waals surface area contributed by atoms with Gasteiger partial charge in [0.05, 0.1) is 6.61 Å². The van der Waals surface area contributed by atoms with Crippen molar-refractivity contribution >= 4 is 5.78 Å². The Hall–Kier alpha value is -1.31. The molecule has 0 radical (unpaired) electrons. The van der Waals surface area contributed by atoms with E-state index in [1.807, 2.05) is 31.2 Å². The molecule has 0 atom stereocenters. The van der Waals surface area contributed by atoms with E-state index in [-0.39, 0.29) is 5.78 Å². The summed E-state index contributed by atoms with van der Waals surface area (Å²) in [5.41, 5.74) is 1.20. The monoisotopic (exact) mass is 206 g/mol. The molecule has 0 aliphatic carbocycles. The number of carbonyl (C=O) groups is 1. The lowest BCUT2D eigenvalue weighted by atomic mass is 10.2. The zero-order valence-corrected chi connectivity index (χ0v) is 9.45. The molecule has 0 bridgehead atoms. The number of Topliss-reactive ketones (excluding diaryl/α,β-unsaturated/α-hetero) is 1. The Morgan fingerprint density at radius 2 is 2.13 bits per heavy atom. The topological polar surface area (TPSA) is 26.3 Å². The van der Waals surface area contributed by atoms with E-state index in [9.17, 15) is 4.79 Å². The molecule has 2 nitrogen and oxygen atoms in total. The lowest BCUT2D eigenvalue weighted by Gasteiger charge is -2.05. The number of ketones is 1. The van der Waals surface area contributed by atoms with E-state index < -0.39 is 0 Å². The third-order valence-corrected chi connectivity index (χ3v) is 2.18. The number of aryl methyl sites for hydroxylation is 1. The van der Waals surface area contributed by atoms with Crippen LogP contribution in [-0.2, 0) is 4.79 Å². The van der Waals surface area contributed by atoms with Gasteiger partial charge >= 0.3 is 0 Å². The summed E-state index contributed by atoms with van der Waals surface area (Å²) in [4.78, 5) is 10.7. The normalized spacial score (nSPS) is 10.0. The molecule has 1 aromatic rings. The van der Waals surface area contributed by atoms with Crippen molar-refractivity contribution in [1.82, 2.24) is 0 Å². The highest BCUT2D eigenvalue weighted by Crippen LogP contribution is 2.12. The number of rotatable bonds is 6. The maximum Gasteiger partial charge on any atom is 0.129 e. The molecular formula is C13H18O2. The van der Waals surface area contributed by atoms with Crippen molar-refractivity contribution in [2.45, 2.75) is 33.1 Å². The number of hydrogen-bond donors (Lipinski definition) is 0. The molecule has 82 valence electrons. The number of carbonyl (C=O) groups excluding carboxylic acids is 1. The van der Waals surface area contributed by atoms with Crippen LogP contribution in [0.15, 0.2) is 24.3 Å². The van der Waals surface area contributed by atoms with Crippen LogP contribution in [0.1, 0.15) is 31.7 Å². The van der Waals surface area contributed by atoms with E-state index >= 15 is 0 Å². The summed E-state index contributed by atoms with van der Waals surface area (Å²) < 4.78 is 5.56. The molecule has 0 aliphatic heterocycles. The van der Waals surface area contributed by atoms with Crippen LogP contribution in [-0.4, -0.2) is 12.4 Å². The highest BCUT2D eigenvalue weighted by molar-refractivity contribution is 5.75. The summed E-state index contributed by atoms with van der Waals surface area (Å²) in [6.45, 7) is 4.36. The first-order valence-corrected chi connectivity index (χ1v) is 5.37. The second kappa shape index (κ2) is 6.23. The van der Waals surface area contributed by atoms with Crippen molar-refractivity contribution < 1.29 is 9.53 Å². The quantitative estimate of drug-likeness (QED) is 0.668. The van der Waals surface area contributed by atoms with Crippen molar-refractivity contribution in [1.29, 1.82) is 0 Å². The van der Waals surface area contributed by atoms with Crippen LogP contribution < -0.4 is 4.74 Å². The standard InChI is InChI=1S/C13H18O2/c1-11-6-5-8-13(10-11)15-9-4-3-7-12(2)14/h5-6,8,10H,3-4,7,9H2,1-2H3. The predicted molar refractivity (Wildman–Crippen MR) is 61.2 cm³/mol. The van der Waals surface area contributed by atoms with Crippen LogP contribution >= 0.6 is 0 Å². The summed E-state index contributed by atoms with van der Waals surface area (Å²) in [5, 5.41) is 0. The number of unbranched alkanes of at least 4 members (excludes halogenated alkanes) is 1. The maximum absolute atomic E-state index is 10.7. The largest absolute Gasteiger partial charge is 0.494 e. The molecule has 0 heterocycles. The fourth-order valence-corrected chi connectivity index (χ4v) is 1.37. The van der Waals surface area contributed by atoms with Crippen LogP contribution in [0.25, 0.3) is 0 Å². The molecule has 15 heavy (non-hydrogen) atoms. The zero-order chi connectivity index (χ0) is 11.1. The van der Waals surface area contributed by atoms with Gasteiger partial charge in [0.2, 0.25) is 0 Å². The van der Waals surface area contributed by atoms with Gasteiger partial charge in [0, 0.05) is 6.42 Å². The van der Waals surface area contributed by atoms with Crippen molar-refractivity contribution in [2.75, 3.05) is 6.61 Å². The Labute approximate surface area is 91.3 Å². The van der Waals surface area contributed by atoms with Gasteiger partial charge in [0.15, 0.2) is 0 Å². The second-order valence-electron chi connectivity index (χ2n) is 3.82.